The predicted octanol–water partition coefficient (Wildman–Crippen LogP) is 1.63. The zero-order valence-corrected chi connectivity index (χ0v) is 31.7. The normalized spacial score (nSPS) is 13.3. The first-order chi connectivity index (χ1) is 26.3. The Morgan fingerprint density at radius 1 is 0.727 bits per heavy atom. The number of unbranched alkanes of at least 4 members (excludes halogenated alkanes) is 6. The third-order valence-electron chi connectivity index (χ3n) is 8.85. The van der Waals surface area contributed by atoms with Crippen molar-refractivity contribution in [2.24, 2.45) is 5.73 Å². The average Bonchev–Trinajstić information content (AvgIpc) is 3.79. The van der Waals surface area contributed by atoms with E-state index in [1.807, 2.05) is 24.3 Å². The number of imidazole rings is 1. The molecule has 2 aromatic heterocycles. The van der Waals surface area contributed by atoms with Crippen LogP contribution in [0.3, 0.4) is 0 Å². The molecule has 0 aliphatic carbocycles. The lowest BCUT2D eigenvalue weighted by Gasteiger charge is -2.26. The number of nitrogens with one attached hydrogen (secondary N) is 7. The van der Waals surface area contributed by atoms with Crippen LogP contribution >= 0.6 is 0 Å². The van der Waals surface area contributed by atoms with Crippen LogP contribution in [0.4, 0.5) is 0 Å². The van der Waals surface area contributed by atoms with Crippen molar-refractivity contribution in [3.8, 4) is 0 Å². The van der Waals surface area contributed by atoms with E-state index in [-0.39, 0.29) is 31.2 Å². The van der Waals surface area contributed by atoms with Crippen LogP contribution in [0, 0.1) is 0 Å². The van der Waals surface area contributed by atoms with Crippen LogP contribution in [0.1, 0.15) is 96.2 Å². The first kappa shape index (κ1) is 43.7. The van der Waals surface area contributed by atoms with Crippen LogP contribution in [-0.4, -0.2) is 91.7 Å². The Balaban J connectivity index is 1.85. The Hall–Kier alpha value is -5.74. The molecule has 0 bridgehead atoms. The van der Waals surface area contributed by atoms with Crippen LogP contribution in [0.15, 0.2) is 43.0 Å². The van der Waals surface area contributed by atoms with E-state index in [1.54, 1.807) is 20.0 Å². The number of primary amides is 1. The fourth-order valence-corrected chi connectivity index (χ4v) is 6.06. The van der Waals surface area contributed by atoms with E-state index < -0.39 is 72.5 Å². The standard InChI is InChI=1S/C38H55N9O8/c1-4-5-6-7-8-9-10-15-33(49)44-29(17-25-21-40-22-42-25)37(54)45-28(16-24-20-41-27-14-12-11-13-26(24)27)36(53)46-30(18-32(39)48)38(55)47-31(19-34(50)51)35(52)43-23(2)3/h11-14,20-23,28-31,41H,4-10,15-19H2,1-3H3,(H2,39,48)(H,40,42)(H,43,52)(H,44,49)(H,45,54)(H,46,53)(H,47,55)(H,50,51). The largest absolute Gasteiger partial charge is 0.481 e. The molecule has 0 fully saturated rings. The summed E-state index contributed by atoms with van der Waals surface area (Å²) >= 11 is 0. The number of hydrogen-bond donors (Lipinski definition) is 9. The summed E-state index contributed by atoms with van der Waals surface area (Å²) < 4.78 is 0. The predicted molar refractivity (Wildman–Crippen MR) is 204 cm³/mol. The fraction of sp³-hybridized carbons (Fsp3) is 0.526. The summed E-state index contributed by atoms with van der Waals surface area (Å²) in [6.07, 6.45) is 10.4. The van der Waals surface area contributed by atoms with E-state index in [9.17, 15) is 38.7 Å². The number of para-hydroxylation sites is 1. The molecule has 0 aliphatic heterocycles. The lowest BCUT2D eigenvalue weighted by molar-refractivity contribution is -0.141. The van der Waals surface area contributed by atoms with Crippen LogP contribution < -0.4 is 32.3 Å². The second kappa shape index (κ2) is 22.5. The topological polar surface area (TPSA) is 270 Å². The van der Waals surface area contributed by atoms with Gasteiger partial charge >= 0.3 is 5.97 Å². The maximum Gasteiger partial charge on any atom is 0.305 e. The van der Waals surface area contributed by atoms with Gasteiger partial charge in [-0.05, 0) is 31.9 Å². The molecular formula is C38H55N9O8. The van der Waals surface area contributed by atoms with Crippen LogP contribution in [0.2, 0.25) is 0 Å². The Kier molecular flexibility index (Phi) is 17.8. The first-order valence-corrected chi connectivity index (χ1v) is 18.8. The Morgan fingerprint density at radius 2 is 1.31 bits per heavy atom. The number of fused-ring (bicyclic) bond motifs is 1. The number of carbonyl (C=O) groups is 7. The molecule has 2 heterocycles. The number of benzene rings is 1. The zero-order valence-electron chi connectivity index (χ0n) is 31.7. The summed E-state index contributed by atoms with van der Waals surface area (Å²) in [5.74, 6) is -6.06. The summed E-state index contributed by atoms with van der Waals surface area (Å²) in [6, 6.07) is 1.29. The van der Waals surface area contributed by atoms with Gasteiger partial charge in [0.15, 0.2) is 0 Å². The lowest BCUT2D eigenvalue weighted by Crippen LogP contribution is -2.59. The minimum absolute atomic E-state index is 0.0339. The molecule has 0 saturated carbocycles. The number of aliphatic carboxylic acids is 1. The smallest absolute Gasteiger partial charge is 0.305 e. The van der Waals surface area contributed by atoms with Gasteiger partial charge in [0.1, 0.15) is 24.2 Å². The van der Waals surface area contributed by atoms with Crippen LogP contribution in [0.5, 0.6) is 0 Å². The first-order valence-electron chi connectivity index (χ1n) is 18.8. The Bertz CT molecular complexity index is 1740. The van der Waals surface area contributed by atoms with Gasteiger partial charge in [-0.25, -0.2) is 4.98 Å². The molecule has 3 aromatic rings. The molecule has 10 N–H and O–H groups in total. The molecule has 55 heavy (non-hydrogen) atoms. The van der Waals surface area contributed by atoms with Crippen molar-refractivity contribution in [3.05, 3.63) is 54.2 Å². The Morgan fingerprint density at radius 3 is 1.93 bits per heavy atom. The fourth-order valence-electron chi connectivity index (χ4n) is 6.06. The summed E-state index contributed by atoms with van der Waals surface area (Å²) in [7, 11) is 0. The van der Waals surface area contributed by atoms with Crippen molar-refractivity contribution < 1.29 is 38.7 Å². The molecule has 6 amide bonds. The van der Waals surface area contributed by atoms with Gasteiger partial charge in [0.25, 0.3) is 0 Å². The van der Waals surface area contributed by atoms with Gasteiger partial charge in [-0.1, -0.05) is 63.6 Å². The third-order valence-corrected chi connectivity index (χ3v) is 8.85. The van der Waals surface area contributed by atoms with Crippen molar-refractivity contribution in [1.29, 1.82) is 0 Å². The van der Waals surface area contributed by atoms with Gasteiger partial charge in [0, 0.05) is 54.3 Å². The lowest BCUT2D eigenvalue weighted by atomic mass is 10.0. The number of rotatable bonds is 25. The Labute approximate surface area is 320 Å². The second-order valence-electron chi connectivity index (χ2n) is 14.0. The number of carbonyl (C=O) groups excluding carboxylic acids is 6. The zero-order chi connectivity index (χ0) is 40.3. The highest BCUT2D eigenvalue weighted by Crippen LogP contribution is 2.20. The van der Waals surface area contributed by atoms with E-state index in [1.165, 1.54) is 18.9 Å². The summed E-state index contributed by atoms with van der Waals surface area (Å²) in [6.45, 7) is 5.45. The van der Waals surface area contributed by atoms with Gasteiger partial charge in [0.05, 0.1) is 19.2 Å². The SMILES string of the molecule is CCCCCCCCCC(=O)NC(Cc1cnc[nH]1)C(=O)NC(Cc1c[nH]c2ccccc12)C(=O)NC(CC(N)=O)C(=O)NC(CC(=O)O)C(=O)NC(C)C. The van der Waals surface area contributed by atoms with E-state index in [0.717, 1.165) is 43.0 Å². The summed E-state index contributed by atoms with van der Waals surface area (Å²) in [4.78, 5) is 101. The van der Waals surface area contributed by atoms with Crippen molar-refractivity contribution in [2.45, 2.75) is 128 Å². The minimum atomic E-state index is -1.64. The van der Waals surface area contributed by atoms with Crippen LogP contribution in [0.25, 0.3) is 10.9 Å². The maximum absolute atomic E-state index is 14.1. The highest BCUT2D eigenvalue weighted by molar-refractivity contribution is 5.98. The molecule has 4 unspecified atom stereocenters. The number of nitrogens with zero attached hydrogens (tertiary/aromatic N) is 1. The van der Waals surface area contributed by atoms with Crippen molar-refractivity contribution in [2.75, 3.05) is 0 Å². The van der Waals surface area contributed by atoms with E-state index in [2.05, 4.69) is 48.5 Å². The highest BCUT2D eigenvalue weighted by Gasteiger charge is 2.33. The maximum atomic E-state index is 14.1. The van der Waals surface area contributed by atoms with Gasteiger partial charge in [-0.2, -0.15) is 0 Å². The van der Waals surface area contributed by atoms with E-state index in [0.29, 0.717) is 17.7 Å². The number of carboxylic acid groups (broad SMARTS) is 1. The number of aromatic nitrogens is 3. The van der Waals surface area contributed by atoms with Crippen LogP contribution in [-0.2, 0) is 46.4 Å². The van der Waals surface area contributed by atoms with Gasteiger partial charge in [0.2, 0.25) is 35.4 Å². The van der Waals surface area contributed by atoms with Gasteiger partial charge in [-0.3, -0.25) is 33.6 Å². The minimum Gasteiger partial charge on any atom is -0.481 e. The molecule has 17 heteroatoms. The monoisotopic (exact) mass is 765 g/mol. The number of amides is 6. The number of H-pyrrole nitrogens is 2. The molecule has 17 nitrogen and oxygen atoms in total. The van der Waals surface area contributed by atoms with Crippen molar-refractivity contribution in [1.82, 2.24) is 41.5 Å². The average molecular weight is 766 g/mol. The summed E-state index contributed by atoms with van der Waals surface area (Å²) in [5, 5.41) is 23.0. The molecule has 0 radical (unpaired) electrons. The number of hydrogen-bond acceptors (Lipinski definition) is 8. The van der Waals surface area contributed by atoms with E-state index >= 15 is 0 Å². The molecule has 0 saturated heterocycles. The molecular weight excluding hydrogens is 710 g/mol. The quantitative estimate of drug-likeness (QED) is 0.0567. The molecule has 300 valence electrons. The number of nitrogens with two attached hydrogens (primary N) is 1. The van der Waals surface area contributed by atoms with E-state index in [4.69, 9.17) is 5.73 Å². The number of aromatic amines is 2. The summed E-state index contributed by atoms with van der Waals surface area (Å²) in [5.41, 5.74) is 7.40. The molecule has 3 rings (SSSR count). The molecule has 0 spiro atoms. The molecule has 0 aliphatic rings. The molecule has 4 atom stereocenters. The number of carboxylic acids is 1. The molecule has 1 aromatic carbocycles. The van der Waals surface area contributed by atoms with Crippen molar-refractivity contribution in [3.63, 3.8) is 0 Å². The third kappa shape index (κ3) is 15.3. The van der Waals surface area contributed by atoms with Gasteiger partial charge in [-0.15, -0.1) is 0 Å². The highest BCUT2D eigenvalue weighted by atomic mass is 16.4. The van der Waals surface area contributed by atoms with Gasteiger partial charge < -0.3 is 47.4 Å². The van der Waals surface area contributed by atoms with Crippen molar-refractivity contribution >= 4 is 52.3 Å². The second-order valence-corrected chi connectivity index (χ2v) is 14.0.